The molecule has 0 aliphatic carbocycles. The maximum Gasteiger partial charge on any atom is 0.127 e. The standard InChI is InChI=1S/C16H17BrFNO/c1-19(2)14-7-4-11(5-8-14)16(20)9-12-3-6-13(17)10-15(12)18/h3-8,10,16,20H,9H2,1-2H3. The summed E-state index contributed by atoms with van der Waals surface area (Å²) in [4.78, 5) is 1.99. The van der Waals surface area contributed by atoms with Gasteiger partial charge in [-0.05, 0) is 35.4 Å². The van der Waals surface area contributed by atoms with Crippen molar-refractivity contribution in [3.05, 3.63) is 63.9 Å². The minimum absolute atomic E-state index is 0.264. The molecule has 106 valence electrons. The van der Waals surface area contributed by atoms with Gasteiger partial charge in [0.1, 0.15) is 5.82 Å². The van der Waals surface area contributed by atoms with Crippen LogP contribution in [0.2, 0.25) is 0 Å². The lowest BCUT2D eigenvalue weighted by molar-refractivity contribution is 0.177. The minimum atomic E-state index is -0.707. The number of benzene rings is 2. The van der Waals surface area contributed by atoms with Crippen molar-refractivity contribution in [2.24, 2.45) is 0 Å². The van der Waals surface area contributed by atoms with Crippen LogP contribution in [0.1, 0.15) is 17.2 Å². The number of aliphatic hydroxyl groups is 1. The SMILES string of the molecule is CN(C)c1ccc(C(O)Cc2ccc(Br)cc2F)cc1. The molecular weight excluding hydrogens is 321 g/mol. The molecular formula is C16H17BrFNO. The van der Waals surface area contributed by atoms with Crippen molar-refractivity contribution in [1.29, 1.82) is 0 Å². The van der Waals surface area contributed by atoms with Crippen LogP contribution in [0.4, 0.5) is 10.1 Å². The van der Waals surface area contributed by atoms with E-state index in [0.717, 1.165) is 11.3 Å². The highest BCUT2D eigenvalue weighted by atomic mass is 79.9. The van der Waals surface area contributed by atoms with Crippen molar-refractivity contribution in [3.63, 3.8) is 0 Å². The fraction of sp³-hybridized carbons (Fsp3) is 0.250. The fourth-order valence-corrected chi connectivity index (χ4v) is 2.34. The van der Waals surface area contributed by atoms with Gasteiger partial charge in [-0.2, -0.15) is 0 Å². The molecule has 1 N–H and O–H groups in total. The molecule has 0 radical (unpaired) electrons. The summed E-state index contributed by atoms with van der Waals surface area (Å²) in [7, 11) is 3.92. The van der Waals surface area contributed by atoms with Crippen molar-refractivity contribution in [2.45, 2.75) is 12.5 Å². The normalized spacial score (nSPS) is 12.2. The average molecular weight is 338 g/mol. The molecule has 0 amide bonds. The molecule has 0 aliphatic heterocycles. The van der Waals surface area contributed by atoms with Crippen LogP contribution in [0.3, 0.4) is 0 Å². The Labute approximate surface area is 127 Å². The average Bonchev–Trinajstić information content (AvgIpc) is 2.42. The predicted octanol–water partition coefficient (Wildman–Crippen LogP) is 3.93. The summed E-state index contributed by atoms with van der Waals surface area (Å²) in [5.74, 6) is -0.302. The minimum Gasteiger partial charge on any atom is -0.388 e. The molecule has 1 atom stereocenters. The van der Waals surface area contributed by atoms with Crippen LogP contribution < -0.4 is 4.90 Å². The summed E-state index contributed by atoms with van der Waals surface area (Å²) < 4.78 is 14.4. The van der Waals surface area contributed by atoms with Crippen LogP contribution >= 0.6 is 15.9 Å². The van der Waals surface area contributed by atoms with Gasteiger partial charge >= 0.3 is 0 Å². The zero-order valence-electron chi connectivity index (χ0n) is 11.5. The third kappa shape index (κ3) is 3.58. The van der Waals surface area contributed by atoms with Crippen LogP contribution in [0, 0.1) is 5.82 Å². The monoisotopic (exact) mass is 337 g/mol. The first-order valence-electron chi connectivity index (χ1n) is 6.36. The Kier molecular flexibility index (Phi) is 4.78. The molecule has 20 heavy (non-hydrogen) atoms. The van der Waals surface area contributed by atoms with E-state index in [1.165, 1.54) is 6.07 Å². The summed E-state index contributed by atoms with van der Waals surface area (Å²) >= 11 is 3.22. The molecule has 0 aliphatic rings. The summed E-state index contributed by atoms with van der Waals surface area (Å²) in [5, 5.41) is 10.2. The molecule has 0 heterocycles. The van der Waals surface area contributed by atoms with Gasteiger partial charge in [0, 0.05) is 30.7 Å². The number of hydrogen-bond donors (Lipinski definition) is 1. The van der Waals surface area contributed by atoms with Gasteiger partial charge in [-0.25, -0.2) is 4.39 Å². The van der Waals surface area contributed by atoms with Crippen LogP contribution in [0.5, 0.6) is 0 Å². The van der Waals surface area contributed by atoms with Gasteiger partial charge in [0.25, 0.3) is 0 Å². The Morgan fingerprint density at radius 3 is 2.35 bits per heavy atom. The summed E-state index contributed by atoms with van der Waals surface area (Å²) in [6.45, 7) is 0. The second-order valence-electron chi connectivity index (χ2n) is 4.94. The lowest BCUT2D eigenvalue weighted by Gasteiger charge is -2.15. The van der Waals surface area contributed by atoms with Crippen molar-refractivity contribution in [1.82, 2.24) is 0 Å². The maximum atomic E-state index is 13.7. The Bertz CT molecular complexity index is 584. The molecule has 0 saturated heterocycles. The first-order chi connectivity index (χ1) is 9.47. The third-order valence-corrected chi connectivity index (χ3v) is 3.72. The van der Waals surface area contributed by atoms with Gasteiger partial charge in [0.15, 0.2) is 0 Å². The lowest BCUT2D eigenvalue weighted by Crippen LogP contribution is -2.09. The van der Waals surface area contributed by atoms with E-state index in [1.807, 2.05) is 43.3 Å². The first-order valence-corrected chi connectivity index (χ1v) is 7.16. The highest BCUT2D eigenvalue weighted by molar-refractivity contribution is 9.10. The smallest absolute Gasteiger partial charge is 0.127 e. The van der Waals surface area contributed by atoms with Crippen molar-refractivity contribution >= 4 is 21.6 Å². The molecule has 1 unspecified atom stereocenters. The first kappa shape index (κ1) is 15.0. The summed E-state index contributed by atoms with van der Waals surface area (Å²) in [6, 6.07) is 12.5. The molecule has 0 saturated carbocycles. The van der Waals surface area contributed by atoms with E-state index in [2.05, 4.69) is 15.9 Å². The number of rotatable bonds is 4. The topological polar surface area (TPSA) is 23.5 Å². The Morgan fingerprint density at radius 1 is 1.15 bits per heavy atom. The van der Waals surface area contributed by atoms with Crippen molar-refractivity contribution in [2.75, 3.05) is 19.0 Å². The molecule has 2 aromatic rings. The van der Waals surface area contributed by atoms with Crippen molar-refractivity contribution < 1.29 is 9.50 Å². The van der Waals surface area contributed by atoms with E-state index < -0.39 is 6.10 Å². The fourth-order valence-electron chi connectivity index (χ4n) is 2.01. The van der Waals surface area contributed by atoms with Gasteiger partial charge in [-0.3, -0.25) is 0 Å². The molecule has 2 rings (SSSR count). The van der Waals surface area contributed by atoms with E-state index in [9.17, 15) is 9.50 Å². The predicted molar refractivity (Wildman–Crippen MR) is 83.5 cm³/mol. The van der Waals surface area contributed by atoms with Crippen molar-refractivity contribution in [3.8, 4) is 0 Å². The van der Waals surface area contributed by atoms with Crippen LogP contribution in [-0.4, -0.2) is 19.2 Å². The maximum absolute atomic E-state index is 13.7. The van der Waals surface area contributed by atoms with Gasteiger partial charge in [-0.15, -0.1) is 0 Å². The summed E-state index contributed by atoms with van der Waals surface area (Å²) in [5.41, 5.74) is 2.37. The van der Waals surface area contributed by atoms with Crippen LogP contribution in [-0.2, 0) is 6.42 Å². The van der Waals surface area contributed by atoms with E-state index in [0.29, 0.717) is 10.0 Å². The molecule has 0 bridgehead atoms. The molecule has 2 nitrogen and oxygen atoms in total. The van der Waals surface area contributed by atoms with Crippen LogP contribution in [0.25, 0.3) is 0 Å². The van der Waals surface area contributed by atoms with E-state index in [1.54, 1.807) is 12.1 Å². The van der Waals surface area contributed by atoms with E-state index in [4.69, 9.17) is 0 Å². The number of hydrogen-bond acceptors (Lipinski definition) is 2. The van der Waals surface area contributed by atoms with Gasteiger partial charge < -0.3 is 10.0 Å². The van der Waals surface area contributed by atoms with Crippen LogP contribution in [0.15, 0.2) is 46.9 Å². The molecule has 0 aromatic heterocycles. The number of halogens is 2. The Morgan fingerprint density at radius 2 is 1.80 bits per heavy atom. The molecule has 4 heteroatoms. The summed E-state index contributed by atoms with van der Waals surface area (Å²) in [6.07, 6.45) is -0.442. The zero-order valence-corrected chi connectivity index (χ0v) is 13.1. The highest BCUT2D eigenvalue weighted by Crippen LogP contribution is 2.23. The van der Waals surface area contributed by atoms with Gasteiger partial charge in [0.05, 0.1) is 6.10 Å². The second kappa shape index (κ2) is 6.37. The Balaban J connectivity index is 2.13. The largest absolute Gasteiger partial charge is 0.388 e. The molecule has 0 fully saturated rings. The Hall–Kier alpha value is -1.39. The quantitative estimate of drug-likeness (QED) is 0.913. The zero-order chi connectivity index (χ0) is 14.7. The third-order valence-electron chi connectivity index (χ3n) is 3.22. The molecule has 2 aromatic carbocycles. The van der Waals surface area contributed by atoms with E-state index >= 15 is 0 Å². The number of nitrogens with zero attached hydrogens (tertiary/aromatic N) is 1. The van der Waals surface area contributed by atoms with Gasteiger partial charge in [0.2, 0.25) is 0 Å². The van der Waals surface area contributed by atoms with Gasteiger partial charge in [-0.1, -0.05) is 34.1 Å². The number of aliphatic hydroxyl groups excluding tert-OH is 1. The second-order valence-corrected chi connectivity index (χ2v) is 5.86. The van der Waals surface area contributed by atoms with E-state index in [-0.39, 0.29) is 12.2 Å². The highest BCUT2D eigenvalue weighted by Gasteiger charge is 2.12. The molecule has 0 spiro atoms. The lowest BCUT2D eigenvalue weighted by atomic mass is 10.0. The number of anilines is 1.